The van der Waals surface area contributed by atoms with E-state index in [0.29, 0.717) is 11.6 Å². The summed E-state index contributed by atoms with van der Waals surface area (Å²) in [6.07, 6.45) is 1.92. The van der Waals surface area contributed by atoms with Crippen molar-refractivity contribution < 1.29 is 4.79 Å². The van der Waals surface area contributed by atoms with Crippen LogP contribution in [0.25, 0.3) is 20.8 Å². The van der Waals surface area contributed by atoms with Gasteiger partial charge in [0, 0.05) is 30.0 Å². The van der Waals surface area contributed by atoms with Gasteiger partial charge < -0.3 is 4.90 Å². The van der Waals surface area contributed by atoms with Gasteiger partial charge in [-0.2, -0.15) is 0 Å². The minimum atomic E-state index is 0.0463. The van der Waals surface area contributed by atoms with Gasteiger partial charge in [0.05, 0.1) is 15.2 Å². The highest BCUT2D eigenvalue weighted by atomic mass is 32.1. The number of nitrogens with zero attached hydrogens (tertiary/aromatic N) is 3. The van der Waals surface area contributed by atoms with Crippen molar-refractivity contribution in [2.24, 2.45) is 0 Å². The Hall–Kier alpha value is -2.57. The summed E-state index contributed by atoms with van der Waals surface area (Å²) in [6.45, 7) is 5.70. The number of rotatable bonds is 3. The highest BCUT2D eigenvalue weighted by Crippen LogP contribution is 2.34. The van der Waals surface area contributed by atoms with Crippen LogP contribution in [0.3, 0.4) is 0 Å². The van der Waals surface area contributed by atoms with E-state index in [1.54, 1.807) is 22.7 Å². The smallest absolute Gasteiger partial charge is 0.273 e. The largest absolute Gasteiger partial charge is 0.337 e. The summed E-state index contributed by atoms with van der Waals surface area (Å²) >= 11 is 3.34. The third kappa shape index (κ3) is 3.66. The van der Waals surface area contributed by atoms with Gasteiger partial charge in [0.25, 0.3) is 5.91 Å². The first-order valence-electron chi connectivity index (χ1n) is 10.3. The highest BCUT2D eigenvalue weighted by molar-refractivity contribution is 7.18. The molecule has 0 bridgehead atoms. The second-order valence-electron chi connectivity index (χ2n) is 7.94. The lowest BCUT2D eigenvalue weighted by Gasteiger charge is -2.30. The van der Waals surface area contributed by atoms with E-state index < -0.39 is 0 Å². The molecule has 1 amide bonds. The maximum Gasteiger partial charge on any atom is 0.273 e. The summed E-state index contributed by atoms with van der Waals surface area (Å²) < 4.78 is 1.24. The number of hydrogen-bond donors (Lipinski definition) is 0. The van der Waals surface area contributed by atoms with Crippen molar-refractivity contribution in [3.8, 4) is 10.6 Å². The van der Waals surface area contributed by atoms with Crippen LogP contribution < -0.4 is 0 Å². The second-order valence-corrected chi connectivity index (χ2v) is 9.86. The Morgan fingerprint density at radius 1 is 1.07 bits per heavy atom. The van der Waals surface area contributed by atoms with Crippen LogP contribution >= 0.6 is 22.7 Å². The van der Waals surface area contributed by atoms with E-state index in [9.17, 15) is 4.79 Å². The predicted molar refractivity (Wildman–Crippen MR) is 125 cm³/mol. The number of fused-ring (bicyclic) bond motifs is 1. The third-order valence-corrected chi connectivity index (χ3v) is 7.85. The first-order chi connectivity index (χ1) is 14.6. The Labute approximate surface area is 184 Å². The highest BCUT2D eigenvalue weighted by Gasteiger charge is 2.27. The number of likely N-dealkylation sites (tertiary alicyclic amines) is 1. The minimum Gasteiger partial charge on any atom is -0.337 e. The first kappa shape index (κ1) is 19.4. The molecule has 4 aromatic rings. The van der Waals surface area contributed by atoms with Crippen molar-refractivity contribution in [1.29, 1.82) is 0 Å². The fourth-order valence-electron chi connectivity index (χ4n) is 4.11. The van der Waals surface area contributed by atoms with Crippen molar-refractivity contribution in [1.82, 2.24) is 14.9 Å². The Morgan fingerprint density at radius 2 is 1.87 bits per heavy atom. The Kier molecular flexibility index (Phi) is 5.13. The molecule has 0 unspecified atom stereocenters. The zero-order valence-electron chi connectivity index (χ0n) is 17.1. The monoisotopic (exact) mass is 433 g/mol. The maximum atomic E-state index is 13.0. The maximum absolute atomic E-state index is 13.0. The van der Waals surface area contributed by atoms with Crippen LogP contribution in [0.4, 0.5) is 0 Å². The van der Waals surface area contributed by atoms with Gasteiger partial charge in [-0.15, -0.1) is 22.7 Å². The Morgan fingerprint density at radius 3 is 2.63 bits per heavy atom. The molecule has 30 heavy (non-hydrogen) atoms. The number of para-hydroxylation sites is 1. The van der Waals surface area contributed by atoms with Crippen LogP contribution in [-0.2, 0) is 0 Å². The summed E-state index contributed by atoms with van der Waals surface area (Å²) in [5, 5.41) is 4.02. The van der Waals surface area contributed by atoms with Crippen LogP contribution in [0.15, 0.2) is 47.8 Å². The molecular formula is C24H23N3OS2. The van der Waals surface area contributed by atoms with Crippen molar-refractivity contribution in [3.05, 3.63) is 69.7 Å². The molecule has 4 nitrogen and oxygen atoms in total. The molecule has 1 aliphatic heterocycles. The number of aromatic nitrogens is 2. The number of benzene rings is 2. The normalized spacial score (nSPS) is 15.1. The lowest BCUT2D eigenvalue weighted by molar-refractivity contribution is 0.0708. The van der Waals surface area contributed by atoms with Gasteiger partial charge in [-0.3, -0.25) is 4.79 Å². The molecule has 152 valence electrons. The number of aryl methyl sites for hydroxylation is 2. The van der Waals surface area contributed by atoms with E-state index in [0.717, 1.165) is 42.0 Å². The number of amides is 1. The zero-order chi connectivity index (χ0) is 20.7. The molecule has 6 heteroatoms. The molecule has 3 heterocycles. The molecule has 0 aliphatic carbocycles. The molecular weight excluding hydrogens is 410 g/mol. The average Bonchev–Trinajstić information content (AvgIpc) is 3.41. The van der Waals surface area contributed by atoms with Gasteiger partial charge in [0.2, 0.25) is 0 Å². The number of hydrogen-bond acceptors (Lipinski definition) is 5. The zero-order valence-corrected chi connectivity index (χ0v) is 18.7. The van der Waals surface area contributed by atoms with Gasteiger partial charge in [-0.25, -0.2) is 9.97 Å². The summed E-state index contributed by atoms with van der Waals surface area (Å²) in [7, 11) is 0. The summed E-state index contributed by atoms with van der Waals surface area (Å²) in [5.41, 5.74) is 5.19. The van der Waals surface area contributed by atoms with E-state index in [4.69, 9.17) is 4.98 Å². The van der Waals surface area contributed by atoms with E-state index in [1.807, 2.05) is 16.3 Å². The summed E-state index contributed by atoms with van der Waals surface area (Å²) in [6, 6.07) is 14.7. The predicted octanol–water partition coefficient (Wildman–Crippen LogP) is 6.06. The Bertz CT molecular complexity index is 1190. The number of carbonyl (C=O) groups is 1. The SMILES string of the molecule is Cc1ccc(-c2nc(C(=O)N3CCC(c4nc5ccccc5s4)CC3)cs2)c(C)c1. The second kappa shape index (κ2) is 7.93. The quantitative estimate of drug-likeness (QED) is 0.395. The fraction of sp³-hybridized carbons (Fsp3) is 0.292. The van der Waals surface area contributed by atoms with Crippen molar-refractivity contribution in [2.75, 3.05) is 13.1 Å². The number of carbonyl (C=O) groups excluding carboxylic acids is 1. The molecule has 1 saturated heterocycles. The average molecular weight is 434 g/mol. The molecule has 0 radical (unpaired) electrons. The lowest BCUT2D eigenvalue weighted by Crippen LogP contribution is -2.38. The van der Waals surface area contributed by atoms with E-state index in [1.165, 1.54) is 20.8 Å². The van der Waals surface area contributed by atoms with Gasteiger partial charge >= 0.3 is 0 Å². The van der Waals surface area contributed by atoms with Crippen LogP contribution in [0.1, 0.15) is 45.4 Å². The molecule has 5 rings (SSSR count). The Balaban J connectivity index is 1.27. The first-order valence-corrected chi connectivity index (χ1v) is 12.0. The molecule has 0 atom stereocenters. The molecule has 0 saturated carbocycles. The lowest BCUT2D eigenvalue weighted by atomic mass is 9.97. The van der Waals surface area contributed by atoms with Crippen LogP contribution in [0.2, 0.25) is 0 Å². The third-order valence-electron chi connectivity index (χ3n) is 5.78. The molecule has 2 aromatic carbocycles. The number of thiazole rings is 2. The van der Waals surface area contributed by atoms with Gasteiger partial charge in [0.1, 0.15) is 10.7 Å². The molecule has 0 N–H and O–H groups in total. The van der Waals surface area contributed by atoms with Crippen molar-refractivity contribution in [2.45, 2.75) is 32.6 Å². The summed E-state index contributed by atoms with van der Waals surface area (Å²) in [4.78, 5) is 24.5. The van der Waals surface area contributed by atoms with E-state index in [-0.39, 0.29) is 5.91 Å². The number of piperidine rings is 1. The minimum absolute atomic E-state index is 0.0463. The van der Waals surface area contributed by atoms with Crippen LogP contribution in [-0.4, -0.2) is 33.9 Å². The van der Waals surface area contributed by atoms with Crippen LogP contribution in [0, 0.1) is 13.8 Å². The van der Waals surface area contributed by atoms with Crippen molar-refractivity contribution >= 4 is 38.8 Å². The van der Waals surface area contributed by atoms with Gasteiger partial charge in [-0.05, 0) is 44.4 Å². The molecule has 0 spiro atoms. The summed E-state index contributed by atoms with van der Waals surface area (Å²) in [5.74, 6) is 0.484. The topological polar surface area (TPSA) is 46.1 Å². The van der Waals surface area contributed by atoms with Gasteiger partial charge in [-0.1, -0.05) is 35.9 Å². The van der Waals surface area contributed by atoms with Crippen molar-refractivity contribution in [3.63, 3.8) is 0 Å². The standard InChI is InChI=1S/C24H23N3OS2/c1-15-7-8-18(16(2)13-15)23-26-20(14-29-23)24(28)27-11-9-17(10-12-27)22-25-19-5-3-4-6-21(19)30-22/h3-8,13-14,17H,9-12H2,1-2H3. The van der Waals surface area contributed by atoms with E-state index in [2.05, 4.69) is 55.2 Å². The van der Waals surface area contributed by atoms with Gasteiger partial charge in [0.15, 0.2) is 0 Å². The van der Waals surface area contributed by atoms with Crippen LogP contribution in [0.5, 0.6) is 0 Å². The molecule has 1 aliphatic rings. The van der Waals surface area contributed by atoms with E-state index >= 15 is 0 Å². The molecule has 1 fully saturated rings. The fourth-order valence-corrected chi connectivity index (χ4v) is 6.13. The molecule has 2 aromatic heterocycles.